The molecule has 0 aliphatic heterocycles. The van der Waals surface area contributed by atoms with E-state index in [0.29, 0.717) is 23.2 Å². The van der Waals surface area contributed by atoms with Crippen molar-refractivity contribution in [2.24, 2.45) is 0 Å². The van der Waals surface area contributed by atoms with E-state index in [4.69, 9.17) is 9.47 Å². The molecule has 0 radical (unpaired) electrons. The highest BCUT2D eigenvalue weighted by Gasteiger charge is 2.06. The van der Waals surface area contributed by atoms with Gasteiger partial charge in [0.25, 0.3) is 5.56 Å². The van der Waals surface area contributed by atoms with Crippen molar-refractivity contribution < 1.29 is 9.47 Å². The number of rotatable bonds is 7. The molecule has 0 saturated carbocycles. The first-order valence-corrected chi connectivity index (χ1v) is 9.60. The lowest BCUT2D eigenvalue weighted by molar-refractivity contribution is 0.119. The second-order valence-electron chi connectivity index (χ2n) is 6.86. The van der Waals surface area contributed by atoms with Gasteiger partial charge in [0, 0.05) is 25.5 Å². The zero-order valence-corrected chi connectivity index (χ0v) is 16.8. The third-order valence-corrected chi connectivity index (χ3v) is 4.86. The molecule has 0 spiro atoms. The van der Waals surface area contributed by atoms with Gasteiger partial charge in [-0.2, -0.15) is 4.98 Å². The predicted octanol–water partition coefficient (Wildman–Crippen LogP) is 4.43. The number of nitrogens with zero attached hydrogens (tertiary/aromatic N) is 2. The molecule has 1 unspecified atom stereocenters. The maximum atomic E-state index is 12.1. The fourth-order valence-electron chi connectivity index (χ4n) is 3.02. The van der Waals surface area contributed by atoms with Crippen molar-refractivity contribution in [2.45, 2.75) is 19.6 Å². The van der Waals surface area contributed by atoms with Crippen LogP contribution in [0.1, 0.15) is 24.2 Å². The summed E-state index contributed by atoms with van der Waals surface area (Å²) in [7, 11) is 1.71. The molecule has 30 heavy (non-hydrogen) atoms. The van der Waals surface area contributed by atoms with E-state index in [1.807, 2.05) is 31.2 Å². The molecule has 152 valence electrons. The number of hydrogen-bond donors (Lipinski definition) is 2. The topological polar surface area (TPSA) is 89.1 Å². The van der Waals surface area contributed by atoms with E-state index in [-0.39, 0.29) is 17.7 Å². The number of methoxy groups -OCH3 is 1. The third-order valence-electron chi connectivity index (χ3n) is 4.86. The molecular formula is C23H22N4O3. The third kappa shape index (κ3) is 4.47. The molecule has 7 heteroatoms. The average molecular weight is 402 g/mol. The molecule has 0 aliphatic carbocycles. The molecule has 2 N–H and O–H groups in total. The molecule has 1 atom stereocenters. The van der Waals surface area contributed by atoms with Crippen molar-refractivity contribution >= 4 is 16.6 Å². The van der Waals surface area contributed by atoms with E-state index in [1.54, 1.807) is 19.4 Å². The normalized spacial score (nSPS) is 11.9. The molecule has 7 nitrogen and oxygen atoms in total. The Morgan fingerprint density at radius 1 is 1.07 bits per heavy atom. The molecular weight excluding hydrogens is 380 g/mol. The number of ether oxygens (including phenoxy) is 2. The maximum Gasteiger partial charge on any atom is 0.302 e. The van der Waals surface area contributed by atoms with Gasteiger partial charge in [-0.05, 0) is 48.4 Å². The molecule has 0 bridgehead atoms. The highest BCUT2D eigenvalue weighted by molar-refractivity contribution is 5.76. The van der Waals surface area contributed by atoms with E-state index in [9.17, 15) is 4.79 Å². The molecule has 0 aliphatic rings. The predicted molar refractivity (Wildman–Crippen MR) is 116 cm³/mol. The van der Waals surface area contributed by atoms with E-state index < -0.39 is 0 Å². The molecule has 0 amide bonds. The van der Waals surface area contributed by atoms with Crippen LogP contribution >= 0.6 is 0 Å². The Bertz CT molecular complexity index is 1190. The smallest absolute Gasteiger partial charge is 0.302 e. The minimum absolute atomic E-state index is 0.0860. The second kappa shape index (κ2) is 8.75. The fraction of sp³-hybridized carbons (Fsp3) is 0.174. The summed E-state index contributed by atoms with van der Waals surface area (Å²) in [6, 6.07) is 17.6. The quantitative estimate of drug-likeness (QED) is 0.475. The van der Waals surface area contributed by atoms with Crippen molar-refractivity contribution in [2.75, 3.05) is 12.4 Å². The molecule has 2 aromatic carbocycles. The molecule has 4 rings (SSSR count). The Hall–Kier alpha value is -3.71. The van der Waals surface area contributed by atoms with E-state index in [2.05, 4.69) is 44.5 Å². The Morgan fingerprint density at radius 3 is 2.57 bits per heavy atom. The van der Waals surface area contributed by atoms with Gasteiger partial charge in [-0.1, -0.05) is 24.3 Å². The number of aromatic nitrogens is 3. The maximum absolute atomic E-state index is 12.1. The molecule has 2 heterocycles. The van der Waals surface area contributed by atoms with Crippen LogP contribution in [0.25, 0.3) is 10.9 Å². The molecule has 4 aromatic rings. The first-order valence-electron chi connectivity index (χ1n) is 9.60. The number of aromatic amines is 1. The summed E-state index contributed by atoms with van der Waals surface area (Å²) in [4.78, 5) is 23.0. The summed E-state index contributed by atoms with van der Waals surface area (Å²) in [5, 5.41) is 3.85. The van der Waals surface area contributed by atoms with Gasteiger partial charge in [-0.15, -0.1) is 0 Å². The molecule has 0 fully saturated rings. The van der Waals surface area contributed by atoms with Gasteiger partial charge in [0.2, 0.25) is 0 Å². The van der Waals surface area contributed by atoms with Gasteiger partial charge in [-0.25, -0.2) is 0 Å². The van der Waals surface area contributed by atoms with Gasteiger partial charge in [0.1, 0.15) is 5.75 Å². The van der Waals surface area contributed by atoms with Crippen molar-refractivity contribution in [3.63, 3.8) is 0 Å². The van der Waals surface area contributed by atoms with Crippen molar-refractivity contribution in [1.82, 2.24) is 15.0 Å². The van der Waals surface area contributed by atoms with Crippen molar-refractivity contribution in [3.8, 4) is 11.8 Å². The zero-order valence-electron chi connectivity index (χ0n) is 16.8. The highest BCUT2D eigenvalue weighted by atomic mass is 16.5. The SMILES string of the molecule is COC(C)c1ccc(CNc2ccc(Oc3nc4cnccc4c(=O)[nH]3)cc2)cc1. The van der Waals surface area contributed by atoms with Gasteiger partial charge in [0.15, 0.2) is 0 Å². The lowest BCUT2D eigenvalue weighted by Crippen LogP contribution is -2.09. The minimum atomic E-state index is -0.262. The lowest BCUT2D eigenvalue weighted by atomic mass is 10.1. The first kappa shape index (κ1) is 19.6. The van der Waals surface area contributed by atoms with Crippen LogP contribution in [0.15, 0.2) is 71.8 Å². The Morgan fingerprint density at radius 2 is 1.83 bits per heavy atom. The van der Waals surface area contributed by atoms with Gasteiger partial charge in [-0.3, -0.25) is 14.8 Å². The zero-order chi connectivity index (χ0) is 20.9. The number of fused-ring (bicyclic) bond motifs is 1. The summed E-state index contributed by atoms with van der Waals surface area (Å²) in [5.41, 5.74) is 3.51. The average Bonchev–Trinajstić information content (AvgIpc) is 2.78. The van der Waals surface area contributed by atoms with Crippen LogP contribution in [0.3, 0.4) is 0 Å². The monoisotopic (exact) mass is 402 g/mol. The van der Waals surface area contributed by atoms with Gasteiger partial charge >= 0.3 is 6.01 Å². The van der Waals surface area contributed by atoms with Crippen LogP contribution in [0.5, 0.6) is 11.8 Å². The first-order chi connectivity index (χ1) is 14.6. The Labute approximate surface area is 173 Å². The summed E-state index contributed by atoms with van der Waals surface area (Å²) < 4.78 is 11.0. The number of nitrogens with one attached hydrogen (secondary N) is 2. The van der Waals surface area contributed by atoms with E-state index in [0.717, 1.165) is 11.3 Å². The van der Waals surface area contributed by atoms with E-state index in [1.165, 1.54) is 11.8 Å². The largest absolute Gasteiger partial charge is 0.426 e. The number of pyridine rings is 1. The summed E-state index contributed by atoms with van der Waals surface area (Å²) >= 11 is 0. The number of anilines is 1. The summed E-state index contributed by atoms with van der Waals surface area (Å²) in [5.74, 6) is 0.574. The Balaban J connectivity index is 1.39. The number of benzene rings is 2. The van der Waals surface area contributed by atoms with E-state index >= 15 is 0 Å². The van der Waals surface area contributed by atoms with Crippen LogP contribution in [0.2, 0.25) is 0 Å². The second-order valence-corrected chi connectivity index (χ2v) is 6.86. The molecule has 2 aromatic heterocycles. The Kier molecular flexibility index (Phi) is 5.72. The van der Waals surface area contributed by atoms with Crippen LogP contribution in [0, 0.1) is 0 Å². The lowest BCUT2D eigenvalue weighted by Gasteiger charge is -2.11. The molecule has 0 saturated heterocycles. The highest BCUT2D eigenvalue weighted by Crippen LogP contribution is 2.21. The minimum Gasteiger partial charge on any atom is -0.426 e. The van der Waals surface area contributed by atoms with Crippen LogP contribution in [-0.2, 0) is 11.3 Å². The van der Waals surface area contributed by atoms with Crippen molar-refractivity contribution in [3.05, 3.63) is 88.5 Å². The number of H-pyrrole nitrogens is 1. The number of hydrogen-bond acceptors (Lipinski definition) is 6. The standard InChI is InChI=1S/C23H22N4O3/c1-15(29-2)17-5-3-16(4-6-17)13-25-18-7-9-19(10-8-18)30-23-26-21-14-24-12-11-20(21)22(28)27-23/h3-12,14-15,25H,13H2,1-2H3,(H,26,27,28). The fourth-order valence-corrected chi connectivity index (χ4v) is 3.02. The van der Waals surface area contributed by atoms with Crippen LogP contribution in [-0.4, -0.2) is 22.1 Å². The van der Waals surface area contributed by atoms with Crippen LogP contribution < -0.4 is 15.6 Å². The van der Waals surface area contributed by atoms with Crippen LogP contribution in [0.4, 0.5) is 5.69 Å². The van der Waals surface area contributed by atoms with Gasteiger partial charge < -0.3 is 14.8 Å². The van der Waals surface area contributed by atoms with Gasteiger partial charge in [0.05, 0.1) is 23.2 Å². The van der Waals surface area contributed by atoms with Crippen molar-refractivity contribution in [1.29, 1.82) is 0 Å². The summed E-state index contributed by atoms with van der Waals surface area (Å²) in [6.45, 7) is 2.73. The summed E-state index contributed by atoms with van der Waals surface area (Å²) in [6.07, 6.45) is 3.18.